The first-order valence-electron chi connectivity index (χ1n) is 8.26. The molecule has 0 bridgehead atoms. The van der Waals surface area contributed by atoms with Crippen LogP contribution in [0.5, 0.6) is 0 Å². The van der Waals surface area contributed by atoms with Gasteiger partial charge in [0.2, 0.25) is 15.9 Å². The van der Waals surface area contributed by atoms with E-state index >= 15 is 0 Å². The molecule has 0 N–H and O–H groups in total. The number of hydrogen-bond donors (Lipinski definition) is 0. The zero-order valence-corrected chi connectivity index (χ0v) is 15.7. The molecule has 2 rings (SSSR count). The first-order valence-corrected chi connectivity index (χ1v) is 10.1. The standard InChI is InChI=1S/C17H23FN2O5S/c1-25-17(22)13-7-9-19(10-8-13)16(21)12-20(26(2,23)24)11-14-5-3-4-6-15(14)18/h3-6,13H,7-12H2,1-2H3. The second-order valence-electron chi connectivity index (χ2n) is 6.30. The van der Waals surface area contributed by atoms with Crippen LogP contribution in [0.3, 0.4) is 0 Å². The topological polar surface area (TPSA) is 84.0 Å². The lowest BCUT2D eigenvalue weighted by Gasteiger charge is -2.32. The van der Waals surface area contributed by atoms with E-state index < -0.39 is 15.8 Å². The summed E-state index contributed by atoms with van der Waals surface area (Å²) in [5, 5.41) is 0. The molecule has 0 radical (unpaired) electrons. The van der Waals surface area contributed by atoms with Gasteiger partial charge in [-0.05, 0) is 18.9 Å². The van der Waals surface area contributed by atoms with E-state index in [9.17, 15) is 22.4 Å². The Hall–Kier alpha value is -2.00. The van der Waals surface area contributed by atoms with Crippen molar-refractivity contribution >= 4 is 21.9 Å². The maximum atomic E-state index is 13.8. The lowest BCUT2D eigenvalue weighted by Crippen LogP contribution is -2.46. The molecule has 1 fully saturated rings. The quantitative estimate of drug-likeness (QED) is 0.681. The van der Waals surface area contributed by atoms with E-state index in [0.29, 0.717) is 25.9 Å². The SMILES string of the molecule is COC(=O)C1CCN(C(=O)CN(Cc2ccccc2F)S(C)(=O)=O)CC1. The number of carbonyl (C=O) groups excluding carboxylic acids is 2. The fraction of sp³-hybridized carbons (Fsp3) is 0.529. The summed E-state index contributed by atoms with van der Waals surface area (Å²) >= 11 is 0. The van der Waals surface area contributed by atoms with Crippen molar-refractivity contribution in [2.45, 2.75) is 19.4 Å². The molecule has 1 saturated heterocycles. The number of methoxy groups -OCH3 is 1. The lowest BCUT2D eigenvalue weighted by atomic mass is 9.97. The van der Waals surface area contributed by atoms with E-state index in [1.54, 1.807) is 6.07 Å². The van der Waals surface area contributed by atoms with Gasteiger partial charge in [0.25, 0.3) is 0 Å². The fourth-order valence-corrected chi connectivity index (χ4v) is 3.61. The molecule has 1 aliphatic rings. The molecule has 9 heteroatoms. The van der Waals surface area contributed by atoms with Crippen molar-refractivity contribution in [2.24, 2.45) is 5.92 Å². The van der Waals surface area contributed by atoms with Gasteiger partial charge in [-0.1, -0.05) is 18.2 Å². The maximum absolute atomic E-state index is 13.8. The third kappa shape index (κ3) is 5.25. The van der Waals surface area contributed by atoms with Gasteiger partial charge in [0.1, 0.15) is 5.82 Å². The summed E-state index contributed by atoms with van der Waals surface area (Å²) in [6, 6.07) is 5.85. The molecule has 0 aromatic heterocycles. The van der Waals surface area contributed by atoms with Crippen LogP contribution in [0.1, 0.15) is 18.4 Å². The maximum Gasteiger partial charge on any atom is 0.308 e. The van der Waals surface area contributed by atoms with Crippen LogP contribution in [0.2, 0.25) is 0 Å². The Bertz CT molecular complexity index is 760. The zero-order chi connectivity index (χ0) is 19.3. The van der Waals surface area contributed by atoms with Gasteiger partial charge in [0, 0.05) is 25.2 Å². The van der Waals surface area contributed by atoms with Crippen molar-refractivity contribution in [3.05, 3.63) is 35.6 Å². The van der Waals surface area contributed by atoms with E-state index in [1.165, 1.54) is 30.2 Å². The summed E-state index contributed by atoms with van der Waals surface area (Å²) < 4.78 is 43.5. The number of piperidine rings is 1. The van der Waals surface area contributed by atoms with E-state index in [2.05, 4.69) is 0 Å². The summed E-state index contributed by atoms with van der Waals surface area (Å²) in [6.45, 7) is 0.137. The number of esters is 1. The normalized spacial score (nSPS) is 15.9. The Morgan fingerprint density at radius 3 is 2.42 bits per heavy atom. The number of nitrogens with zero attached hydrogens (tertiary/aromatic N) is 2. The monoisotopic (exact) mass is 386 g/mol. The minimum atomic E-state index is -3.70. The average Bonchev–Trinajstić information content (AvgIpc) is 2.61. The molecule has 26 heavy (non-hydrogen) atoms. The highest BCUT2D eigenvalue weighted by molar-refractivity contribution is 7.88. The van der Waals surface area contributed by atoms with Gasteiger partial charge < -0.3 is 9.64 Å². The molecule has 1 amide bonds. The number of likely N-dealkylation sites (tertiary alicyclic amines) is 1. The van der Waals surface area contributed by atoms with Gasteiger partial charge in [-0.15, -0.1) is 0 Å². The van der Waals surface area contributed by atoms with Crippen molar-refractivity contribution in [2.75, 3.05) is 33.0 Å². The number of benzene rings is 1. The van der Waals surface area contributed by atoms with Gasteiger partial charge in [0.05, 0.1) is 25.8 Å². The molecular formula is C17H23FN2O5S. The third-order valence-corrected chi connectivity index (χ3v) is 5.66. The smallest absolute Gasteiger partial charge is 0.308 e. The highest BCUT2D eigenvalue weighted by Gasteiger charge is 2.30. The highest BCUT2D eigenvalue weighted by atomic mass is 32.2. The van der Waals surface area contributed by atoms with E-state index in [1.807, 2.05) is 0 Å². The molecule has 1 aromatic rings. The van der Waals surface area contributed by atoms with Gasteiger partial charge in [-0.25, -0.2) is 12.8 Å². The van der Waals surface area contributed by atoms with Gasteiger partial charge in [0.15, 0.2) is 0 Å². The predicted octanol–water partition coefficient (Wildman–Crippen LogP) is 0.999. The van der Waals surface area contributed by atoms with Crippen LogP contribution < -0.4 is 0 Å². The molecular weight excluding hydrogens is 363 g/mol. The molecule has 1 heterocycles. The minimum Gasteiger partial charge on any atom is -0.469 e. The first kappa shape index (κ1) is 20.3. The van der Waals surface area contributed by atoms with Crippen LogP contribution in [-0.4, -0.2) is 62.5 Å². The van der Waals surface area contributed by atoms with Gasteiger partial charge >= 0.3 is 5.97 Å². The Morgan fingerprint density at radius 1 is 1.27 bits per heavy atom. The number of carbonyl (C=O) groups is 2. The Labute approximate surface area is 152 Å². The predicted molar refractivity (Wildman–Crippen MR) is 93.0 cm³/mol. The summed E-state index contributed by atoms with van der Waals surface area (Å²) in [4.78, 5) is 25.6. The summed E-state index contributed by atoms with van der Waals surface area (Å²) in [6.07, 6.45) is 1.94. The fourth-order valence-electron chi connectivity index (χ4n) is 2.89. The van der Waals surface area contributed by atoms with Gasteiger partial charge in [-0.2, -0.15) is 4.31 Å². The van der Waals surface area contributed by atoms with Crippen molar-refractivity contribution in [1.29, 1.82) is 0 Å². The zero-order valence-electron chi connectivity index (χ0n) is 14.9. The molecule has 144 valence electrons. The first-order chi connectivity index (χ1) is 12.2. The third-order valence-electron chi connectivity index (χ3n) is 4.47. The molecule has 0 spiro atoms. The Morgan fingerprint density at radius 2 is 1.88 bits per heavy atom. The second kappa shape index (κ2) is 8.59. The van der Waals surface area contributed by atoms with E-state index in [-0.39, 0.29) is 36.4 Å². The van der Waals surface area contributed by atoms with Crippen LogP contribution in [-0.2, 0) is 30.9 Å². The average molecular weight is 386 g/mol. The van der Waals surface area contributed by atoms with Crippen molar-refractivity contribution in [3.63, 3.8) is 0 Å². The summed E-state index contributed by atoms with van der Waals surface area (Å²) in [5.74, 6) is -1.43. The van der Waals surface area contributed by atoms with Crippen molar-refractivity contribution < 1.29 is 27.1 Å². The molecule has 0 unspecified atom stereocenters. The second-order valence-corrected chi connectivity index (χ2v) is 8.28. The molecule has 0 atom stereocenters. The van der Waals surface area contributed by atoms with E-state index in [4.69, 9.17) is 4.74 Å². The number of amides is 1. The van der Waals surface area contributed by atoms with Crippen molar-refractivity contribution in [1.82, 2.24) is 9.21 Å². The molecule has 0 aliphatic carbocycles. The van der Waals surface area contributed by atoms with Crippen molar-refractivity contribution in [3.8, 4) is 0 Å². The molecule has 7 nitrogen and oxygen atoms in total. The van der Waals surface area contributed by atoms with Crippen LogP contribution in [0.15, 0.2) is 24.3 Å². The Balaban J connectivity index is 2.02. The Kier molecular flexibility index (Phi) is 6.71. The number of ether oxygens (including phenoxy) is 1. The number of halogens is 1. The number of hydrogen-bond acceptors (Lipinski definition) is 5. The lowest BCUT2D eigenvalue weighted by molar-refractivity contribution is -0.148. The van der Waals surface area contributed by atoms with Gasteiger partial charge in [-0.3, -0.25) is 9.59 Å². The molecule has 1 aromatic carbocycles. The van der Waals surface area contributed by atoms with Crippen LogP contribution in [0.25, 0.3) is 0 Å². The molecule has 0 saturated carbocycles. The summed E-state index contributed by atoms with van der Waals surface area (Å²) in [5.41, 5.74) is 0.204. The minimum absolute atomic E-state index is 0.204. The van der Waals surface area contributed by atoms with Crippen LogP contribution >= 0.6 is 0 Å². The highest BCUT2D eigenvalue weighted by Crippen LogP contribution is 2.19. The summed E-state index contributed by atoms with van der Waals surface area (Å²) in [7, 11) is -2.37. The number of sulfonamides is 1. The number of rotatable bonds is 6. The van der Waals surface area contributed by atoms with Crippen LogP contribution in [0, 0.1) is 11.7 Å². The largest absolute Gasteiger partial charge is 0.469 e. The van der Waals surface area contributed by atoms with Crippen LogP contribution in [0.4, 0.5) is 4.39 Å². The van der Waals surface area contributed by atoms with E-state index in [0.717, 1.165) is 10.6 Å². The molecule has 1 aliphatic heterocycles.